The fraction of sp³-hybridized carbons (Fsp3) is 0.417. The van der Waals surface area contributed by atoms with Crippen molar-refractivity contribution in [3.05, 3.63) is 28.8 Å². The molecule has 0 spiro atoms. The van der Waals surface area contributed by atoms with Crippen LogP contribution < -0.4 is 5.73 Å². The van der Waals surface area contributed by atoms with Crippen molar-refractivity contribution in [2.75, 3.05) is 12.3 Å². The molecule has 0 aromatic heterocycles. The van der Waals surface area contributed by atoms with Gasteiger partial charge >= 0.3 is 5.97 Å². The number of carbonyl (C=O) groups excluding carboxylic acids is 1. The second kappa shape index (κ2) is 4.74. The van der Waals surface area contributed by atoms with Crippen LogP contribution in [0.5, 0.6) is 0 Å². The van der Waals surface area contributed by atoms with E-state index in [9.17, 15) is 4.79 Å². The normalized spacial score (nSPS) is 15.6. The first-order valence-corrected chi connectivity index (χ1v) is 5.77. The van der Waals surface area contributed by atoms with Crippen LogP contribution in [-0.4, -0.2) is 12.6 Å². The van der Waals surface area contributed by atoms with Crippen LogP contribution in [0.1, 0.15) is 29.6 Å². The molecule has 1 saturated carbocycles. The molecular formula is C12H14ClNO2. The van der Waals surface area contributed by atoms with Gasteiger partial charge in [-0.1, -0.05) is 24.1 Å². The lowest BCUT2D eigenvalue weighted by molar-refractivity contribution is 0.0373. The number of para-hydroxylation sites is 1. The lowest BCUT2D eigenvalue weighted by atomic mass is 9.86. The lowest BCUT2D eigenvalue weighted by Crippen LogP contribution is -2.20. The Hall–Kier alpha value is -1.22. The SMILES string of the molecule is Nc1c(Cl)cccc1C(=O)OCC1CCC1. The Labute approximate surface area is 99.5 Å². The van der Waals surface area contributed by atoms with E-state index < -0.39 is 0 Å². The van der Waals surface area contributed by atoms with E-state index in [0.29, 0.717) is 28.8 Å². The van der Waals surface area contributed by atoms with Gasteiger partial charge in [0.25, 0.3) is 0 Å². The van der Waals surface area contributed by atoms with Crippen molar-refractivity contribution < 1.29 is 9.53 Å². The van der Waals surface area contributed by atoms with Crippen LogP contribution in [0, 0.1) is 5.92 Å². The molecule has 86 valence electrons. The third-order valence-corrected chi connectivity index (χ3v) is 3.28. The first-order chi connectivity index (χ1) is 7.68. The van der Waals surface area contributed by atoms with E-state index in [0.717, 1.165) is 12.8 Å². The molecule has 1 aromatic carbocycles. The zero-order valence-electron chi connectivity index (χ0n) is 8.91. The van der Waals surface area contributed by atoms with Gasteiger partial charge in [-0.05, 0) is 30.9 Å². The topological polar surface area (TPSA) is 52.3 Å². The molecule has 0 unspecified atom stereocenters. The summed E-state index contributed by atoms with van der Waals surface area (Å²) in [5, 5.41) is 0.387. The van der Waals surface area contributed by atoms with Crippen LogP contribution in [0.15, 0.2) is 18.2 Å². The maximum absolute atomic E-state index is 11.7. The number of hydrogen-bond donors (Lipinski definition) is 1. The summed E-state index contributed by atoms with van der Waals surface area (Å²) in [5.41, 5.74) is 6.35. The van der Waals surface area contributed by atoms with Crippen LogP contribution in [0.3, 0.4) is 0 Å². The van der Waals surface area contributed by atoms with Crippen molar-refractivity contribution in [1.29, 1.82) is 0 Å². The molecule has 4 heteroatoms. The van der Waals surface area contributed by atoms with Gasteiger partial charge < -0.3 is 10.5 Å². The standard InChI is InChI=1S/C12H14ClNO2/c13-10-6-2-5-9(11(10)14)12(15)16-7-8-3-1-4-8/h2,5-6,8H,1,3-4,7,14H2. The average molecular weight is 240 g/mol. The smallest absolute Gasteiger partial charge is 0.340 e. The molecular weight excluding hydrogens is 226 g/mol. The summed E-state index contributed by atoms with van der Waals surface area (Å²) >= 11 is 5.83. The number of nitrogen functional groups attached to an aromatic ring is 1. The van der Waals surface area contributed by atoms with Crippen LogP contribution in [0.25, 0.3) is 0 Å². The minimum Gasteiger partial charge on any atom is -0.462 e. The van der Waals surface area contributed by atoms with E-state index in [2.05, 4.69) is 0 Å². The molecule has 1 aliphatic rings. The van der Waals surface area contributed by atoms with Gasteiger partial charge in [-0.2, -0.15) is 0 Å². The number of carbonyl (C=O) groups is 1. The molecule has 2 N–H and O–H groups in total. The number of ether oxygens (including phenoxy) is 1. The Morgan fingerprint density at radius 1 is 1.50 bits per heavy atom. The first kappa shape index (κ1) is 11.3. The van der Waals surface area contributed by atoms with E-state index in [1.807, 2.05) is 0 Å². The van der Waals surface area contributed by atoms with E-state index in [-0.39, 0.29) is 5.97 Å². The molecule has 1 fully saturated rings. The second-order valence-corrected chi connectivity index (χ2v) is 4.50. The van der Waals surface area contributed by atoms with Crippen LogP contribution in [0.4, 0.5) is 5.69 Å². The fourth-order valence-corrected chi connectivity index (χ4v) is 1.82. The fourth-order valence-electron chi connectivity index (χ4n) is 1.65. The van der Waals surface area contributed by atoms with Crippen LogP contribution >= 0.6 is 11.6 Å². The van der Waals surface area contributed by atoms with Gasteiger partial charge in [-0.25, -0.2) is 4.79 Å². The molecule has 0 atom stereocenters. The van der Waals surface area contributed by atoms with Gasteiger partial charge in [0.2, 0.25) is 0 Å². The summed E-state index contributed by atoms with van der Waals surface area (Å²) in [7, 11) is 0. The maximum Gasteiger partial charge on any atom is 0.340 e. The second-order valence-electron chi connectivity index (χ2n) is 4.10. The van der Waals surface area contributed by atoms with Gasteiger partial charge in [0.05, 0.1) is 22.9 Å². The highest BCUT2D eigenvalue weighted by Gasteiger charge is 2.20. The zero-order valence-corrected chi connectivity index (χ0v) is 9.67. The summed E-state index contributed by atoms with van der Waals surface area (Å²) in [6.07, 6.45) is 3.54. The monoisotopic (exact) mass is 239 g/mol. The predicted molar refractivity (Wildman–Crippen MR) is 63.5 cm³/mol. The molecule has 1 aliphatic carbocycles. The highest BCUT2D eigenvalue weighted by Crippen LogP contribution is 2.27. The minimum absolute atomic E-state index is 0.294. The largest absolute Gasteiger partial charge is 0.462 e. The molecule has 2 rings (SSSR count). The molecule has 0 bridgehead atoms. The number of hydrogen-bond acceptors (Lipinski definition) is 3. The Morgan fingerprint density at radius 2 is 2.25 bits per heavy atom. The van der Waals surface area contributed by atoms with E-state index in [1.165, 1.54) is 6.42 Å². The van der Waals surface area contributed by atoms with Crippen LogP contribution in [0.2, 0.25) is 5.02 Å². The van der Waals surface area contributed by atoms with E-state index >= 15 is 0 Å². The van der Waals surface area contributed by atoms with Crippen molar-refractivity contribution in [3.63, 3.8) is 0 Å². The van der Waals surface area contributed by atoms with Crippen molar-refractivity contribution in [2.24, 2.45) is 5.92 Å². The molecule has 16 heavy (non-hydrogen) atoms. The summed E-state index contributed by atoms with van der Waals surface area (Å²) in [4.78, 5) is 11.7. The number of esters is 1. The van der Waals surface area contributed by atoms with Gasteiger partial charge in [-0.3, -0.25) is 0 Å². The summed E-state index contributed by atoms with van der Waals surface area (Å²) in [6, 6.07) is 4.97. The maximum atomic E-state index is 11.7. The third-order valence-electron chi connectivity index (χ3n) is 2.95. The molecule has 0 saturated heterocycles. The van der Waals surface area contributed by atoms with Gasteiger partial charge in [0.15, 0.2) is 0 Å². The van der Waals surface area contributed by atoms with Crippen molar-refractivity contribution in [3.8, 4) is 0 Å². The van der Waals surface area contributed by atoms with Crippen molar-refractivity contribution in [2.45, 2.75) is 19.3 Å². The Morgan fingerprint density at radius 3 is 2.88 bits per heavy atom. The Bertz CT molecular complexity index is 402. The number of anilines is 1. The Balaban J connectivity index is 1.99. The quantitative estimate of drug-likeness (QED) is 0.652. The summed E-state index contributed by atoms with van der Waals surface area (Å²) in [5.74, 6) is 0.149. The van der Waals surface area contributed by atoms with Crippen molar-refractivity contribution >= 4 is 23.3 Å². The number of halogens is 1. The van der Waals surface area contributed by atoms with E-state index in [4.69, 9.17) is 22.1 Å². The summed E-state index contributed by atoms with van der Waals surface area (Å²) in [6.45, 7) is 0.491. The molecule has 3 nitrogen and oxygen atoms in total. The highest BCUT2D eigenvalue weighted by molar-refractivity contribution is 6.33. The molecule has 0 aliphatic heterocycles. The lowest BCUT2D eigenvalue weighted by Gasteiger charge is -2.24. The zero-order chi connectivity index (χ0) is 11.5. The van der Waals surface area contributed by atoms with E-state index in [1.54, 1.807) is 18.2 Å². The molecule has 0 amide bonds. The summed E-state index contributed by atoms with van der Waals surface area (Å²) < 4.78 is 5.19. The number of nitrogens with two attached hydrogens (primary N) is 1. The van der Waals surface area contributed by atoms with Gasteiger partial charge in [-0.15, -0.1) is 0 Å². The van der Waals surface area contributed by atoms with Gasteiger partial charge in [0, 0.05) is 0 Å². The highest BCUT2D eigenvalue weighted by atomic mass is 35.5. The number of rotatable bonds is 3. The Kier molecular flexibility index (Phi) is 3.34. The third kappa shape index (κ3) is 2.30. The molecule has 0 radical (unpaired) electrons. The first-order valence-electron chi connectivity index (χ1n) is 5.39. The van der Waals surface area contributed by atoms with Crippen LogP contribution in [-0.2, 0) is 4.74 Å². The molecule has 0 heterocycles. The molecule has 1 aromatic rings. The predicted octanol–water partition coefficient (Wildman–Crippen LogP) is 2.88. The average Bonchev–Trinajstić information content (AvgIpc) is 2.19. The number of benzene rings is 1. The minimum atomic E-state index is -0.382. The van der Waals surface area contributed by atoms with Gasteiger partial charge in [0.1, 0.15) is 0 Å². The van der Waals surface area contributed by atoms with Crippen molar-refractivity contribution in [1.82, 2.24) is 0 Å².